The van der Waals surface area contributed by atoms with Crippen LogP contribution in [0.15, 0.2) is 35.3 Å². The zero-order chi connectivity index (χ0) is 20.5. The van der Waals surface area contributed by atoms with Gasteiger partial charge in [0.25, 0.3) is 0 Å². The van der Waals surface area contributed by atoms with Crippen LogP contribution in [0, 0.1) is 13.8 Å². The number of ether oxygens (including phenoxy) is 1. The molecule has 8 heteroatoms. The monoisotopic (exact) mass is 526 g/mol. The maximum atomic E-state index is 5.41. The molecule has 0 saturated carbocycles. The number of aliphatic imine (C=N–C) groups is 1. The van der Waals surface area contributed by atoms with Crippen LogP contribution in [0.4, 0.5) is 0 Å². The molecule has 2 aromatic rings. The highest BCUT2D eigenvalue weighted by Crippen LogP contribution is 2.17. The molecule has 7 nitrogen and oxygen atoms in total. The Morgan fingerprint density at radius 2 is 1.93 bits per heavy atom. The molecule has 1 aromatic heterocycles. The topological polar surface area (TPSA) is 66.7 Å². The van der Waals surface area contributed by atoms with Gasteiger partial charge in [0.2, 0.25) is 0 Å². The number of nitrogens with zero attached hydrogens (tertiary/aromatic N) is 4. The summed E-state index contributed by atoms with van der Waals surface area (Å²) in [7, 11) is 0. The van der Waals surface area contributed by atoms with Crippen molar-refractivity contribution in [2.45, 2.75) is 33.7 Å². The van der Waals surface area contributed by atoms with Crippen molar-refractivity contribution >= 4 is 29.9 Å². The molecule has 1 aliphatic heterocycles. The van der Waals surface area contributed by atoms with Crippen LogP contribution in [0.1, 0.15) is 30.3 Å². The van der Waals surface area contributed by atoms with Gasteiger partial charge in [-0.2, -0.15) is 5.10 Å². The second-order valence-corrected chi connectivity index (χ2v) is 7.40. The predicted molar refractivity (Wildman–Crippen MR) is 133 cm³/mol. The number of halogens is 1. The van der Waals surface area contributed by atoms with Gasteiger partial charge in [0.1, 0.15) is 0 Å². The molecule has 0 spiro atoms. The summed E-state index contributed by atoms with van der Waals surface area (Å²) < 4.78 is 7.41. The van der Waals surface area contributed by atoms with Crippen LogP contribution in [0.2, 0.25) is 0 Å². The summed E-state index contributed by atoms with van der Waals surface area (Å²) in [5.74, 6) is 0.859. The first kappa shape index (κ1) is 24.6. The Balaban J connectivity index is 0.00000320. The molecule has 1 fully saturated rings. The van der Waals surface area contributed by atoms with E-state index in [1.54, 1.807) is 0 Å². The molecule has 0 radical (unpaired) electrons. The van der Waals surface area contributed by atoms with E-state index in [1.807, 2.05) is 17.7 Å². The Morgan fingerprint density at radius 3 is 2.63 bits per heavy atom. The molecule has 30 heavy (non-hydrogen) atoms. The minimum absolute atomic E-state index is 0. The van der Waals surface area contributed by atoms with Gasteiger partial charge in [-0.25, -0.2) is 9.67 Å². The van der Waals surface area contributed by atoms with E-state index >= 15 is 0 Å². The fourth-order valence-electron chi connectivity index (χ4n) is 3.56. The fraction of sp³-hybridized carbons (Fsp3) is 0.545. The highest BCUT2D eigenvalue weighted by molar-refractivity contribution is 14.0. The lowest BCUT2D eigenvalue weighted by molar-refractivity contribution is 0.0376. The van der Waals surface area contributed by atoms with Crippen LogP contribution in [0.5, 0.6) is 0 Å². The highest BCUT2D eigenvalue weighted by atomic mass is 127. The van der Waals surface area contributed by atoms with Gasteiger partial charge >= 0.3 is 0 Å². The van der Waals surface area contributed by atoms with Crippen LogP contribution >= 0.6 is 24.0 Å². The normalized spacial score (nSPS) is 15.0. The van der Waals surface area contributed by atoms with E-state index in [9.17, 15) is 0 Å². The summed E-state index contributed by atoms with van der Waals surface area (Å²) >= 11 is 0. The van der Waals surface area contributed by atoms with E-state index in [1.165, 1.54) is 0 Å². The highest BCUT2D eigenvalue weighted by Gasteiger charge is 2.10. The van der Waals surface area contributed by atoms with Crippen molar-refractivity contribution in [2.24, 2.45) is 4.99 Å². The number of benzene rings is 1. The van der Waals surface area contributed by atoms with Crippen molar-refractivity contribution in [3.63, 3.8) is 0 Å². The van der Waals surface area contributed by atoms with E-state index in [2.05, 4.69) is 58.7 Å². The number of aryl methyl sites for hydroxylation is 2. The van der Waals surface area contributed by atoms with E-state index in [0.717, 1.165) is 81.0 Å². The number of guanidine groups is 1. The molecule has 166 valence electrons. The number of para-hydroxylation sites is 1. The molecule has 0 atom stereocenters. The van der Waals surface area contributed by atoms with E-state index in [4.69, 9.17) is 9.73 Å². The minimum Gasteiger partial charge on any atom is -0.379 e. The zero-order valence-electron chi connectivity index (χ0n) is 18.4. The van der Waals surface area contributed by atoms with Crippen molar-refractivity contribution in [3.05, 3.63) is 47.3 Å². The molecule has 0 aliphatic carbocycles. The molecular weight excluding hydrogens is 491 g/mol. The summed E-state index contributed by atoms with van der Waals surface area (Å²) in [5.41, 5.74) is 4.40. The zero-order valence-corrected chi connectivity index (χ0v) is 20.7. The summed E-state index contributed by atoms with van der Waals surface area (Å²) in [6.07, 6.45) is 1.09. The predicted octanol–water partition coefficient (Wildman–Crippen LogP) is 2.88. The molecule has 1 aromatic carbocycles. The second kappa shape index (κ2) is 12.9. The second-order valence-electron chi connectivity index (χ2n) is 7.40. The van der Waals surface area contributed by atoms with Gasteiger partial charge < -0.3 is 15.4 Å². The summed E-state index contributed by atoms with van der Waals surface area (Å²) in [4.78, 5) is 7.27. The number of morpholine rings is 1. The van der Waals surface area contributed by atoms with Gasteiger partial charge in [-0.15, -0.1) is 24.0 Å². The SMILES string of the molecule is CCNC(=NCc1ccccc1-n1nc(C)cc1C)NCCCN1CCOCC1.I. The quantitative estimate of drug-likeness (QED) is 0.240. The number of rotatable bonds is 8. The molecular formula is C22H35IN6O. The molecule has 2 N–H and O–H groups in total. The third-order valence-electron chi connectivity index (χ3n) is 5.03. The number of nitrogens with one attached hydrogen (secondary N) is 2. The molecule has 1 aliphatic rings. The van der Waals surface area contributed by atoms with Crippen LogP contribution in [-0.2, 0) is 11.3 Å². The van der Waals surface area contributed by atoms with Gasteiger partial charge in [0.15, 0.2) is 5.96 Å². The van der Waals surface area contributed by atoms with E-state index < -0.39 is 0 Å². The summed E-state index contributed by atoms with van der Waals surface area (Å²) in [6, 6.07) is 10.4. The molecule has 3 rings (SSSR count). The standard InChI is InChI=1S/C22H34N6O.HI/c1-4-23-22(24-10-7-11-27-12-14-29-15-13-27)25-17-20-8-5-6-9-21(20)28-19(3)16-18(2)26-28;/h5-6,8-9,16H,4,7,10-15,17H2,1-3H3,(H2,23,24,25);1H. The van der Waals surface area contributed by atoms with Gasteiger partial charge in [0.05, 0.1) is 31.1 Å². The van der Waals surface area contributed by atoms with Gasteiger partial charge in [0, 0.05) is 31.9 Å². The maximum absolute atomic E-state index is 5.41. The third kappa shape index (κ3) is 7.24. The van der Waals surface area contributed by atoms with Crippen molar-refractivity contribution < 1.29 is 4.74 Å². The van der Waals surface area contributed by atoms with Crippen molar-refractivity contribution in [2.75, 3.05) is 45.9 Å². The van der Waals surface area contributed by atoms with Crippen molar-refractivity contribution in [3.8, 4) is 5.69 Å². The first-order valence-electron chi connectivity index (χ1n) is 10.6. The molecule has 0 amide bonds. The fourth-order valence-corrected chi connectivity index (χ4v) is 3.56. The first-order valence-corrected chi connectivity index (χ1v) is 10.6. The van der Waals surface area contributed by atoms with Crippen LogP contribution in [0.3, 0.4) is 0 Å². The first-order chi connectivity index (χ1) is 14.2. The minimum atomic E-state index is 0. The van der Waals surface area contributed by atoms with Gasteiger partial charge in [-0.1, -0.05) is 18.2 Å². The molecule has 0 bridgehead atoms. The maximum Gasteiger partial charge on any atom is 0.191 e. The Kier molecular flexibility index (Phi) is 10.6. The Labute approximate surface area is 197 Å². The largest absolute Gasteiger partial charge is 0.379 e. The molecule has 0 unspecified atom stereocenters. The molecule has 1 saturated heterocycles. The summed E-state index contributed by atoms with van der Waals surface area (Å²) in [6.45, 7) is 13.4. The van der Waals surface area contributed by atoms with E-state index in [0.29, 0.717) is 6.54 Å². The lowest BCUT2D eigenvalue weighted by atomic mass is 10.2. The van der Waals surface area contributed by atoms with Crippen LogP contribution in [-0.4, -0.2) is 66.6 Å². The molecule has 2 heterocycles. The van der Waals surface area contributed by atoms with Crippen molar-refractivity contribution in [1.82, 2.24) is 25.3 Å². The average molecular weight is 526 g/mol. The number of hydrogen-bond acceptors (Lipinski definition) is 4. The Bertz CT molecular complexity index is 801. The Morgan fingerprint density at radius 1 is 1.17 bits per heavy atom. The van der Waals surface area contributed by atoms with Gasteiger partial charge in [-0.05, 0) is 51.4 Å². The third-order valence-corrected chi connectivity index (χ3v) is 5.03. The van der Waals surface area contributed by atoms with E-state index in [-0.39, 0.29) is 24.0 Å². The summed E-state index contributed by atoms with van der Waals surface area (Å²) in [5, 5.41) is 11.4. The van der Waals surface area contributed by atoms with Crippen LogP contribution in [0.25, 0.3) is 5.69 Å². The average Bonchev–Trinajstić information content (AvgIpc) is 3.08. The van der Waals surface area contributed by atoms with Gasteiger partial charge in [-0.3, -0.25) is 4.90 Å². The van der Waals surface area contributed by atoms with Crippen molar-refractivity contribution in [1.29, 1.82) is 0 Å². The lowest BCUT2D eigenvalue weighted by Gasteiger charge is -2.26. The number of hydrogen-bond donors (Lipinski definition) is 2. The smallest absolute Gasteiger partial charge is 0.191 e. The lowest BCUT2D eigenvalue weighted by Crippen LogP contribution is -2.40. The van der Waals surface area contributed by atoms with Crippen LogP contribution < -0.4 is 10.6 Å². The Hall–Kier alpha value is -1.65. The number of aromatic nitrogens is 2.